The van der Waals surface area contributed by atoms with E-state index in [0.717, 1.165) is 24.8 Å². The minimum absolute atomic E-state index is 0.00742. The molecule has 6 atom stereocenters. The molecular weight excluding hydrogens is 761 g/mol. The summed E-state index contributed by atoms with van der Waals surface area (Å²) in [4.78, 5) is 65.0. The van der Waals surface area contributed by atoms with Crippen molar-refractivity contribution in [2.24, 2.45) is 17.6 Å². The smallest absolute Gasteiger partial charge is 0.259 e. The first-order valence-electron chi connectivity index (χ1n) is 20.5. The van der Waals surface area contributed by atoms with Crippen molar-refractivity contribution in [3.63, 3.8) is 0 Å². The topological polar surface area (TPSA) is 190 Å². The molecule has 1 unspecified atom stereocenters. The molecule has 0 spiro atoms. The highest BCUT2D eigenvalue weighted by Gasteiger charge is 2.62. The number of methoxy groups -OCH3 is 1. The molecular formula is C43H52N6O8S. The summed E-state index contributed by atoms with van der Waals surface area (Å²) < 4.78 is 40.4. The van der Waals surface area contributed by atoms with Gasteiger partial charge in [0.05, 0.1) is 30.1 Å². The van der Waals surface area contributed by atoms with Crippen LogP contribution in [0.5, 0.6) is 11.5 Å². The molecule has 8 rings (SSSR count). The average Bonchev–Trinajstić information content (AvgIpc) is 4.11. The summed E-state index contributed by atoms with van der Waals surface area (Å²) in [6, 6.07) is 15.9. The van der Waals surface area contributed by atoms with Crippen molar-refractivity contribution in [1.29, 1.82) is 0 Å². The minimum Gasteiger partial charge on any atom is -0.497 e. The van der Waals surface area contributed by atoms with Crippen LogP contribution in [-0.4, -0.2) is 103 Å². The van der Waals surface area contributed by atoms with Crippen LogP contribution in [-0.2, 0) is 29.2 Å². The summed E-state index contributed by atoms with van der Waals surface area (Å²) in [7, 11) is -2.31. The molecule has 3 aliphatic heterocycles. The van der Waals surface area contributed by atoms with Crippen LogP contribution in [0.4, 0.5) is 0 Å². The van der Waals surface area contributed by atoms with Gasteiger partial charge in [-0.1, -0.05) is 55.3 Å². The fourth-order valence-electron chi connectivity index (χ4n) is 8.67. The number of allylic oxidation sites excluding steroid dienone is 1. The van der Waals surface area contributed by atoms with Gasteiger partial charge in [0.25, 0.3) is 5.91 Å². The van der Waals surface area contributed by atoms with Crippen molar-refractivity contribution >= 4 is 44.6 Å². The predicted octanol–water partition coefficient (Wildman–Crippen LogP) is 3.83. The number of sulfonamides is 1. The number of likely N-dealkylation sites (tertiary alicyclic amines) is 1. The van der Waals surface area contributed by atoms with Crippen LogP contribution in [0.15, 0.2) is 66.7 Å². The first-order chi connectivity index (χ1) is 27.9. The third-order valence-electron chi connectivity index (χ3n) is 12.3. The number of carbonyl (C=O) groups is 4. The van der Waals surface area contributed by atoms with Gasteiger partial charge >= 0.3 is 0 Å². The molecule has 0 bridgehead atoms. The van der Waals surface area contributed by atoms with E-state index in [4.69, 9.17) is 20.2 Å². The van der Waals surface area contributed by atoms with Crippen LogP contribution in [0.2, 0.25) is 0 Å². The number of ether oxygens (including phenoxy) is 2. The molecule has 2 saturated heterocycles. The van der Waals surface area contributed by atoms with E-state index in [1.165, 1.54) is 4.90 Å². The summed E-state index contributed by atoms with van der Waals surface area (Å²) in [5.74, 6) is -1.78. The Balaban J connectivity index is 1.12. The summed E-state index contributed by atoms with van der Waals surface area (Å²) in [5, 5.41) is 3.04. The Morgan fingerprint density at radius 2 is 1.83 bits per heavy atom. The van der Waals surface area contributed by atoms with Crippen molar-refractivity contribution in [2.45, 2.75) is 99.6 Å². The van der Waals surface area contributed by atoms with E-state index >= 15 is 0 Å². The Kier molecular flexibility index (Phi) is 11.2. The Bertz CT molecular complexity index is 2210. The standard InChI is InChI=1S/C43H52N6O8S/c1-56-31-14-17-34-36(21-31)45-35(27-10-7-5-8-11-27)23-38(34)57-32-22-37-40(51)46-43(42(53)47-58(54,55)33-15-16-33)24-29(43)13-9-4-2-3-6-12-28(41(52)49(37)26-32)20-39(50)48-19-18-30(44)25-48/h5,7-11,13-14,17,21,23,28-30,32-33,37H,2-4,6,12,15-16,18-20,22,24-26,44H2,1H3,(H,46,51)(H,47,53)/b13-9-/t28-,29?,30-,32-,37+,43-/m1/s1. The fourth-order valence-corrected chi connectivity index (χ4v) is 10.0. The first-order valence-corrected chi connectivity index (χ1v) is 22.1. The number of hydrogen-bond donors (Lipinski definition) is 3. The lowest BCUT2D eigenvalue weighted by Crippen LogP contribution is -2.57. The molecule has 3 aromatic rings. The van der Waals surface area contributed by atoms with Crippen LogP contribution in [0.1, 0.15) is 70.6 Å². The number of nitrogens with zero attached hydrogens (tertiary/aromatic N) is 3. The maximum absolute atomic E-state index is 14.8. The molecule has 4 N–H and O–H groups in total. The van der Waals surface area contributed by atoms with Crippen LogP contribution in [0, 0.1) is 11.8 Å². The molecule has 4 heterocycles. The largest absolute Gasteiger partial charge is 0.497 e. The monoisotopic (exact) mass is 812 g/mol. The number of rotatable bonds is 9. The summed E-state index contributed by atoms with van der Waals surface area (Å²) >= 11 is 0. The van der Waals surface area contributed by atoms with E-state index in [0.29, 0.717) is 73.3 Å². The number of nitrogens with two attached hydrogens (primary N) is 1. The number of nitrogens with one attached hydrogen (secondary N) is 2. The minimum atomic E-state index is -3.89. The maximum Gasteiger partial charge on any atom is 0.259 e. The normalized spacial score (nSPS) is 28.4. The average molecular weight is 813 g/mol. The zero-order chi connectivity index (χ0) is 40.6. The van der Waals surface area contributed by atoms with Gasteiger partial charge in [-0.25, -0.2) is 13.4 Å². The highest BCUT2D eigenvalue weighted by molar-refractivity contribution is 7.91. The van der Waals surface area contributed by atoms with Gasteiger partial charge in [-0.3, -0.25) is 23.9 Å². The van der Waals surface area contributed by atoms with Gasteiger partial charge in [-0.15, -0.1) is 0 Å². The van der Waals surface area contributed by atoms with Crippen LogP contribution in [0.25, 0.3) is 22.2 Å². The molecule has 308 valence electrons. The van der Waals surface area contributed by atoms with Crippen LogP contribution >= 0.6 is 0 Å². The molecule has 58 heavy (non-hydrogen) atoms. The highest BCUT2D eigenvalue weighted by Crippen LogP contribution is 2.46. The molecule has 2 aliphatic carbocycles. The Morgan fingerprint density at radius 3 is 2.57 bits per heavy atom. The van der Waals surface area contributed by atoms with Crippen molar-refractivity contribution in [1.82, 2.24) is 24.8 Å². The lowest BCUT2D eigenvalue weighted by Gasteiger charge is -2.30. The zero-order valence-corrected chi connectivity index (χ0v) is 33.6. The van der Waals surface area contributed by atoms with Gasteiger partial charge in [0.15, 0.2) is 0 Å². The molecule has 5 aliphatic rings. The first kappa shape index (κ1) is 39.8. The molecule has 4 amide bonds. The SMILES string of the molecule is COc1ccc2c(O[C@@H]3C[C@H]4C(=O)N[C@]5(C(=O)NS(=O)(=O)C6CC6)CC5/C=C\CCCCC[C@H](CC(=O)N5CC[C@@H](N)C5)C(=O)N4C3)cc(-c3ccccc3)nc2c1. The van der Waals surface area contributed by atoms with E-state index < -0.39 is 56.6 Å². The second-order valence-corrected chi connectivity index (χ2v) is 18.5. The maximum atomic E-state index is 14.8. The zero-order valence-electron chi connectivity index (χ0n) is 32.8. The highest BCUT2D eigenvalue weighted by atomic mass is 32.2. The number of carbonyl (C=O) groups excluding carboxylic acids is 4. The second-order valence-electron chi connectivity index (χ2n) is 16.5. The summed E-state index contributed by atoms with van der Waals surface area (Å²) in [5.41, 5.74) is 6.82. The molecule has 2 aromatic carbocycles. The van der Waals surface area contributed by atoms with Crippen LogP contribution in [0.3, 0.4) is 0 Å². The van der Waals surface area contributed by atoms with Crippen LogP contribution < -0.4 is 25.2 Å². The molecule has 0 radical (unpaired) electrons. The Morgan fingerprint density at radius 1 is 1.02 bits per heavy atom. The third-order valence-corrected chi connectivity index (χ3v) is 14.1. The quantitative estimate of drug-likeness (QED) is 0.268. The number of amides is 4. The van der Waals surface area contributed by atoms with Gasteiger partial charge in [-0.05, 0) is 57.1 Å². The predicted molar refractivity (Wildman–Crippen MR) is 217 cm³/mol. The number of benzene rings is 2. The van der Waals surface area contributed by atoms with E-state index in [9.17, 15) is 27.6 Å². The van der Waals surface area contributed by atoms with Crippen molar-refractivity contribution in [3.05, 3.63) is 66.7 Å². The molecule has 15 heteroatoms. The Hall–Kier alpha value is -5.02. The summed E-state index contributed by atoms with van der Waals surface area (Å²) in [6.07, 6.45) is 8.75. The van der Waals surface area contributed by atoms with E-state index in [1.54, 1.807) is 12.0 Å². The molecule has 4 fully saturated rings. The number of aromatic nitrogens is 1. The van der Waals surface area contributed by atoms with E-state index in [2.05, 4.69) is 10.0 Å². The van der Waals surface area contributed by atoms with Crippen molar-refractivity contribution in [2.75, 3.05) is 26.7 Å². The van der Waals surface area contributed by atoms with E-state index in [-0.39, 0.29) is 43.7 Å². The van der Waals surface area contributed by atoms with Gasteiger partial charge < -0.3 is 30.3 Å². The number of hydrogen-bond acceptors (Lipinski definition) is 10. The third kappa shape index (κ3) is 8.42. The van der Waals surface area contributed by atoms with Crippen molar-refractivity contribution in [3.8, 4) is 22.8 Å². The number of pyridine rings is 1. The van der Waals surface area contributed by atoms with Gasteiger partial charge in [0.1, 0.15) is 29.2 Å². The summed E-state index contributed by atoms with van der Waals surface area (Å²) in [6.45, 7) is 1.03. The second kappa shape index (κ2) is 16.3. The molecule has 14 nitrogen and oxygen atoms in total. The molecule has 2 saturated carbocycles. The van der Waals surface area contributed by atoms with Gasteiger partial charge in [0, 0.05) is 66.9 Å². The van der Waals surface area contributed by atoms with Gasteiger partial charge in [-0.2, -0.15) is 0 Å². The van der Waals surface area contributed by atoms with Gasteiger partial charge in [0.2, 0.25) is 27.7 Å². The fraction of sp³-hybridized carbons (Fsp3) is 0.512. The lowest BCUT2D eigenvalue weighted by molar-refractivity contribution is -0.145. The number of fused-ring (bicyclic) bond motifs is 3. The van der Waals surface area contributed by atoms with Crippen molar-refractivity contribution < 1.29 is 37.1 Å². The molecule has 1 aromatic heterocycles. The van der Waals surface area contributed by atoms with E-state index in [1.807, 2.05) is 66.7 Å². The lowest BCUT2D eigenvalue weighted by atomic mass is 9.94. The Labute approximate surface area is 338 Å².